The standard InChI is InChI=1S/C14H13NO3/c16-14(15-17)10-18-13-9-5-4-8-12(13)11-6-2-1-3-7-11/h1-9,17H,10H2,(H,15,16). The molecule has 2 aromatic carbocycles. The Kier molecular flexibility index (Phi) is 3.94. The van der Waals surface area contributed by atoms with E-state index >= 15 is 0 Å². The molecule has 0 fully saturated rings. The van der Waals surface area contributed by atoms with Crippen LogP contribution >= 0.6 is 0 Å². The Morgan fingerprint density at radius 1 is 1.06 bits per heavy atom. The average Bonchev–Trinajstić information content (AvgIpc) is 2.46. The summed E-state index contributed by atoms with van der Waals surface area (Å²) in [5.74, 6) is 0.0187. The summed E-state index contributed by atoms with van der Waals surface area (Å²) in [5.41, 5.74) is 3.45. The largest absolute Gasteiger partial charge is 0.483 e. The van der Waals surface area contributed by atoms with Gasteiger partial charge in [-0.2, -0.15) is 0 Å². The van der Waals surface area contributed by atoms with Crippen molar-refractivity contribution in [3.05, 3.63) is 54.6 Å². The topological polar surface area (TPSA) is 58.6 Å². The zero-order valence-corrected chi connectivity index (χ0v) is 9.67. The average molecular weight is 243 g/mol. The van der Waals surface area contributed by atoms with Crippen LogP contribution in [0.1, 0.15) is 0 Å². The maximum absolute atomic E-state index is 10.9. The molecule has 4 nitrogen and oxygen atoms in total. The number of hydroxylamine groups is 1. The molecule has 0 heterocycles. The van der Waals surface area contributed by atoms with Gasteiger partial charge in [0.1, 0.15) is 5.75 Å². The van der Waals surface area contributed by atoms with Gasteiger partial charge in [0.15, 0.2) is 6.61 Å². The summed E-state index contributed by atoms with van der Waals surface area (Å²) < 4.78 is 5.37. The van der Waals surface area contributed by atoms with Crippen molar-refractivity contribution >= 4 is 5.91 Å². The first-order valence-corrected chi connectivity index (χ1v) is 5.51. The third-order valence-corrected chi connectivity index (χ3v) is 2.46. The van der Waals surface area contributed by atoms with E-state index in [0.717, 1.165) is 11.1 Å². The van der Waals surface area contributed by atoms with Gasteiger partial charge >= 0.3 is 0 Å². The normalized spacial score (nSPS) is 9.83. The quantitative estimate of drug-likeness (QED) is 0.639. The lowest BCUT2D eigenvalue weighted by molar-refractivity contribution is -0.131. The third kappa shape index (κ3) is 2.87. The summed E-state index contributed by atoms with van der Waals surface area (Å²) in [5, 5.41) is 8.42. The van der Waals surface area contributed by atoms with Crippen LogP contribution in [-0.4, -0.2) is 17.7 Å². The van der Waals surface area contributed by atoms with Crippen molar-refractivity contribution in [1.82, 2.24) is 5.48 Å². The molecular formula is C14H13NO3. The van der Waals surface area contributed by atoms with E-state index in [1.54, 1.807) is 6.07 Å². The lowest BCUT2D eigenvalue weighted by Gasteiger charge is -2.10. The summed E-state index contributed by atoms with van der Waals surface area (Å²) in [6.45, 7) is -0.222. The van der Waals surface area contributed by atoms with Gasteiger partial charge < -0.3 is 4.74 Å². The van der Waals surface area contributed by atoms with E-state index in [4.69, 9.17) is 9.94 Å². The molecule has 4 heteroatoms. The van der Waals surface area contributed by atoms with Crippen LogP contribution in [0.2, 0.25) is 0 Å². The molecule has 2 rings (SSSR count). The second-order valence-electron chi connectivity index (χ2n) is 3.69. The molecule has 0 aliphatic rings. The Morgan fingerprint density at radius 2 is 1.72 bits per heavy atom. The number of amides is 1. The molecule has 0 spiro atoms. The van der Waals surface area contributed by atoms with E-state index in [1.165, 1.54) is 5.48 Å². The lowest BCUT2D eigenvalue weighted by atomic mass is 10.1. The van der Waals surface area contributed by atoms with Gasteiger partial charge in [0.2, 0.25) is 0 Å². The Balaban J connectivity index is 2.24. The molecule has 0 saturated heterocycles. The SMILES string of the molecule is O=C(COc1ccccc1-c1ccccc1)NO. The fourth-order valence-electron chi connectivity index (χ4n) is 1.62. The van der Waals surface area contributed by atoms with E-state index in [9.17, 15) is 4.79 Å². The number of rotatable bonds is 4. The van der Waals surface area contributed by atoms with Crippen LogP contribution in [0.25, 0.3) is 11.1 Å². The van der Waals surface area contributed by atoms with E-state index < -0.39 is 5.91 Å². The molecule has 0 aliphatic heterocycles. The molecule has 92 valence electrons. The first-order valence-electron chi connectivity index (χ1n) is 5.51. The molecule has 0 aromatic heterocycles. The fourth-order valence-corrected chi connectivity index (χ4v) is 1.62. The van der Waals surface area contributed by atoms with Crippen molar-refractivity contribution in [3.8, 4) is 16.9 Å². The molecule has 2 aromatic rings. The van der Waals surface area contributed by atoms with Gasteiger partial charge in [-0.3, -0.25) is 10.0 Å². The van der Waals surface area contributed by atoms with Crippen LogP contribution in [0.5, 0.6) is 5.75 Å². The zero-order chi connectivity index (χ0) is 12.8. The highest BCUT2D eigenvalue weighted by atomic mass is 16.5. The molecule has 0 saturated carbocycles. The van der Waals surface area contributed by atoms with Crippen molar-refractivity contribution < 1.29 is 14.7 Å². The minimum atomic E-state index is -0.585. The Labute approximate surface area is 105 Å². The third-order valence-electron chi connectivity index (χ3n) is 2.46. The minimum Gasteiger partial charge on any atom is -0.483 e. The zero-order valence-electron chi connectivity index (χ0n) is 9.67. The van der Waals surface area contributed by atoms with Crippen LogP contribution in [-0.2, 0) is 4.79 Å². The van der Waals surface area contributed by atoms with Crippen LogP contribution in [0.3, 0.4) is 0 Å². The number of nitrogens with one attached hydrogen (secondary N) is 1. The van der Waals surface area contributed by atoms with E-state index in [-0.39, 0.29) is 6.61 Å². The summed E-state index contributed by atoms with van der Waals surface area (Å²) in [4.78, 5) is 10.9. The lowest BCUT2D eigenvalue weighted by Crippen LogP contribution is -2.25. The van der Waals surface area contributed by atoms with Gasteiger partial charge in [0.05, 0.1) is 0 Å². The van der Waals surface area contributed by atoms with Crippen molar-refractivity contribution in [1.29, 1.82) is 0 Å². The van der Waals surface area contributed by atoms with E-state index in [1.807, 2.05) is 48.5 Å². The number of benzene rings is 2. The molecule has 0 radical (unpaired) electrons. The fraction of sp³-hybridized carbons (Fsp3) is 0.0714. The second kappa shape index (κ2) is 5.84. The number of ether oxygens (including phenoxy) is 1. The van der Waals surface area contributed by atoms with Gasteiger partial charge in [0.25, 0.3) is 5.91 Å². The van der Waals surface area contributed by atoms with E-state index in [0.29, 0.717) is 5.75 Å². The van der Waals surface area contributed by atoms with Crippen LogP contribution in [0.4, 0.5) is 0 Å². The minimum absolute atomic E-state index is 0.222. The molecule has 0 aliphatic carbocycles. The van der Waals surface area contributed by atoms with Crippen LogP contribution in [0, 0.1) is 0 Å². The molecule has 0 unspecified atom stereocenters. The predicted octanol–water partition coefficient (Wildman–Crippen LogP) is 2.24. The summed E-state index contributed by atoms with van der Waals surface area (Å²) in [7, 11) is 0. The smallest absolute Gasteiger partial charge is 0.281 e. The first-order chi connectivity index (χ1) is 8.81. The van der Waals surface area contributed by atoms with Crippen molar-refractivity contribution in [2.45, 2.75) is 0 Å². The molecule has 0 atom stereocenters. The van der Waals surface area contributed by atoms with Gasteiger partial charge in [0, 0.05) is 5.56 Å². The highest BCUT2D eigenvalue weighted by molar-refractivity contribution is 5.77. The maximum atomic E-state index is 10.9. The van der Waals surface area contributed by atoms with E-state index in [2.05, 4.69) is 0 Å². The van der Waals surface area contributed by atoms with Crippen molar-refractivity contribution in [2.75, 3.05) is 6.61 Å². The van der Waals surface area contributed by atoms with Gasteiger partial charge in [-0.25, -0.2) is 5.48 Å². The number of carbonyl (C=O) groups excluding carboxylic acids is 1. The summed E-state index contributed by atoms with van der Waals surface area (Å²) in [6, 6.07) is 17.2. The number of hydrogen-bond donors (Lipinski definition) is 2. The predicted molar refractivity (Wildman–Crippen MR) is 67.3 cm³/mol. The number of para-hydroxylation sites is 1. The molecule has 0 bridgehead atoms. The Bertz CT molecular complexity index is 526. The summed E-state index contributed by atoms with van der Waals surface area (Å²) >= 11 is 0. The maximum Gasteiger partial charge on any atom is 0.281 e. The summed E-state index contributed by atoms with van der Waals surface area (Å²) in [6.07, 6.45) is 0. The van der Waals surface area contributed by atoms with Crippen LogP contribution in [0.15, 0.2) is 54.6 Å². The molecule has 1 amide bonds. The van der Waals surface area contributed by atoms with Crippen LogP contribution < -0.4 is 10.2 Å². The Morgan fingerprint density at radius 3 is 2.44 bits per heavy atom. The Hall–Kier alpha value is -2.33. The molecule has 18 heavy (non-hydrogen) atoms. The molecule has 2 N–H and O–H groups in total. The van der Waals surface area contributed by atoms with Gasteiger partial charge in [-0.05, 0) is 11.6 Å². The highest BCUT2D eigenvalue weighted by Crippen LogP contribution is 2.29. The van der Waals surface area contributed by atoms with Crippen molar-refractivity contribution in [2.24, 2.45) is 0 Å². The highest BCUT2D eigenvalue weighted by Gasteiger charge is 2.07. The second-order valence-corrected chi connectivity index (χ2v) is 3.69. The molecular weight excluding hydrogens is 230 g/mol. The monoisotopic (exact) mass is 243 g/mol. The van der Waals surface area contributed by atoms with Gasteiger partial charge in [-0.1, -0.05) is 48.5 Å². The number of hydrogen-bond acceptors (Lipinski definition) is 3. The van der Waals surface area contributed by atoms with Crippen molar-refractivity contribution in [3.63, 3.8) is 0 Å². The van der Waals surface area contributed by atoms with Gasteiger partial charge in [-0.15, -0.1) is 0 Å². The number of carbonyl (C=O) groups is 1. The first kappa shape index (κ1) is 12.1.